The second kappa shape index (κ2) is 5.65. The molecule has 0 spiro atoms. The minimum Gasteiger partial charge on any atom is -0.300 e. The Labute approximate surface area is 120 Å². The van der Waals surface area contributed by atoms with Crippen LogP contribution in [0.2, 0.25) is 0 Å². The molecule has 2 fully saturated rings. The Balaban J connectivity index is 1.67. The molecule has 3 rings (SSSR count). The first-order chi connectivity index (χ1) is 9.63. The van der Waals surface area contributed by atoms with Crippen molar-refractivity contribution in [3.05, 3.63) is 35.1 Å². The van der Waals surface area contributed by atoms with Gasteiger partial charge in [0.1, 0.15) is 11.6 Å². The van der Waals surface area contributed by atoms with Crippen LogP contribution in [0.15, 0.2) is 18.2 Å². The summed E-state index contributed by atoms with van der Waals surface area (Å²) < 4.78 is 13.1. The summed E-state index contributed by atoms with van der Waals surface area (Å²) in [6.07, 6.45) is 6.00. The molecule has 2 heterocycles. The molecule has 0 aliphatic carbocycles. The van der Waals surface area contributed by atoms with Crippen molar-refractivity contribution < 1.29 is 9.18 Å². The first kappa shape index (κ1) is 13.7. The number of aryl methyl sites for hydroxylation is 1. The number of benzene rings is 1. The number of rotatable bonds is 3. The zero-order valence-corrected chi connectivity index (χ0v) is 12.1. The Bertz CT molecular complexity index is 498. The molecule has 3 heteroatoms. The van der Waals surface area contributed by atoms with E-state index in [4.69, 9.17) is 0 Å². The van der Waals surface area contributed by atoms with Crippen molar-refractivity contribution in [2.45, 2.75) is 57.5 Å². The normalized spacial score (nSPS) is 26.8. The number of carbonyl (C=O) groups excluding carboxylic acids is 1. The predicted molar refractivity (Wildman–Crippen MR) is 77.2 cm³/mol. The van der Waals surface area contributed by atoms with Crippen LogP contribution in [-0.4, -0.2) is 29.3 Å². The highest BCUT2D eigenvalue weighted by Gasteiger charge is 2.36. The van der Waals surface area contributed by atoms with Crippen molar-refractivity contribution in [2.24, 2.45) is 0 Å². The smallest absolute Gasteiger partial charge is 0.136 e. The predicted octanol–water partition coefficient (Wildman–Crippen LogP) is 3.26. The van der Waals surface area contributed by atoms with Gasteiger partial charge in [-0.2, -0.15) is 0 Å². The molecule has 0 N–H and O–H groups in total. The number of hydrogen-bond acceptors (Lipinski definition) is 2. The molecule has 2 unspecified atom stereocenters. The maximum absolute atomic E-state index is 13.1. The minimum atomic E-state index is -0.160. The largest absolute Gasteiger partial charge is 0.300 e. The molecule has 0 aromatic heterocycles. The topological polar surface area (TPSA) is 20.3 Å². The molecule has 2 nitrogen and oxygen atoms in total. The fraction of sp³-hybridized carbons (Fsp3) is 0.588. The van der Waals surface area contributed by atoms with Gasteiger partial charge in [-0.05, 0) is 49.4 Å². The monoisotopic (exact) mass is 275 g/mol. The van der Waals surface area contributed by atoms with Gasteiger partial charge >= 0.3 is 0 Å². The Morgan fingerprint density at radius 3 is 2.60 bits per heavy atom. The third-order valence-electron chi connectivity index (χ3n) is 4.88. The maximum atomic E-state index is 13.1. The third-order valence-corrected chi connectivity index (χ3v) is 4.88. The fourth-order valence-electron chi connectivity index (χ4n) is 3.82. The van der Waals surface area contributed by atoms with Gasteiger partial charge in [0, 0.05) is 31.5 Å². The van der Waals surface area contributed by atoms with Gasteiger partial charge < -0.3 is 0 Å². The molecule has 2 saturated heterocycles. The van der Waals surface area contributed by atoms with Crippen LogP contribution in [0.5, 0.6) is 0 Å². The van der Waals surface area contributed by atoms with Crippen LogP contribution in [0.1, 0.15) is 43.2 Å². The van der Waals surface area contributed by atoms with E-state index in [0.717, 1.165) is 44.2 Å². The van der Waals surface area contributed by atoms with Crippen LogP contribution in [0.4, 0.5) is 4.39 Å². The molecule has 20 heavy (non-hydrogen) atoms. The summed E-state index contributed by atoms with van der Waals surface area (Å²) in [7, 11) is 0. The standard InChI is InChI=1S/C17H22FNO/c1-12-9-14(18)6-5-13(12)7-8-19-15-3-2-4-16(19)11-17(20)10-15/h5-6,9,15-16H,2-4,7-8,10-11H2,1H3. The second-order valence-electron chi connectivity index (χ2n) is 6.24. The number of piperidine rings is 2. The van der Waals surface area contributed by atoms with E-state index in [9.17, 15) is 9.18 Å². The zero-order chi connectivity index (χ0) is 14.1. The second-order valence-corrected chi connectivity index (χ2v) is 6.24. The lowest BCUT2D eigenvalue weighted by Crippen LogP contribution is -2.52. The molecular formula is C17H22FNO. The van der Waals surface area contributed by atoms with E-state index in [1.54, 1.807) is 12.1 Å². The molecule has 1 aromatic carbocycles. The highest BCUT2D eigenvalue weighted by molar-refractivity contribution is 5.80. The summed E-state index contributed by atoms with van der Waals surface area (Å²) in [5, 5.41) is 0. The van der Waals surface area contributed by atoms with Crippen LogP contribution < -0.4 is 0 Å². The van der Waals surface area contributed by atoms with Gasteiger partial charge in [-0.1, -0.05) is 12.5 Å². The molecule has 2 atom stereocenters. The van der Waals surface area contributed by atoms with E-state index in [1.807, 2.05) is 13.0 Å². The Kier molecular flexibility index (Phi) is 3.88. The van der Waals surface area contributed by atoms with Crippen LogP contribution in [0, 0.1) is 12.7 Å². The van der Waals surface area contributed by atoms with E-state index in [0.29, 0.717) is 17.9 Å². The lowest BCUT2D eigenvalue weighted by Gasteiger charge is -2.45. The number of ketones is 1. The maximum Gasteiger partial charge on any atom is 0.136 e. The number of Topliss-reactive ketones (excluding diaryl/α,β-unsaturated/α-hetero) is 1. The molecule has 0 saturated carbocycles. The summed E-state index contributed by atoms with van der Waals surface area (Å²) in [6.45, 7) is 2.97. The molecule has 0 amide bonds. The first-order valence-electron chi connectivity index (χ1n) is 7.66. The van der Waals surface area contributed by atoms with Crippen LogP contribution >= 0.6 is 0 Å². The van der Waals surface area contributed by atoms with Gasteiger partial charge in [-0.3, -0.25) is 9.69 Å². The highest BCUT2D eigenvalue weighted by Crippen LogP contribution is 2.32. The van der Waals surface area contributed by atoms with E-state index >= 15 is 0 Å². The molecular weight excluding hydrogens is 253 g/mol. The average molecular weight is 275 g/mol. The van der Waals surface area contributed by atoms with Gasteiger partial charge in [-0.25, -0.2) is 4.39 Å². The van der Waals surface area contributed by atoms with E-state index in [-0.39, 0.29) is 5.82 Å². The van der Waals surface area contributed by atoms with Crippen molar-refractivity contribution >= 4 is 5.78 Å². The summed E-state index contributed by atoms with van der Waals surface area (Å²) in [5.74, 6) is 0.278. The van der Waals surface area contributed by atoms with Gasteiger partial charge in [0.05, 0.1) is 0 Å². The van der Waals surface area contributed by atoms with E-state index in [1.165, 1.54) is 12.0 Å². The molecule has 2 bridgehead atoms. The highest BCUT2D eigenvalue weighted by atomic mass is 19.1. The zero-order valence-electron chi connectivity index (χ0n) is 12.1. The van der Waals surface area contributed by atoms with Gasteiger partial charge in [0.25, 0.3) is 0 Å². The number of nitrogens with zero attached hydrogens (tertiary/aromatic N) is 1. The molecule has 2 aliphatic rings. The molecule has 1 aromatic rings. The van der Waals surface area contributed by atoms with Gasteiger partial charge in [-0.15, -0.1) is 0 Å². The summed E-state index contributed by atoms with van der Waals surface area (Å²) >= 11 is 0. The van der Waals surface area contributed by atoms with Crippen LogP contribution in [0.3, 0.4) is 0 Å². The first-order valence-corrected chi connectivity index (χ1v) is 7.66. The number of carbonyl (C=O) groups is 1. The van der Waals surface area contributed by atoms with Crippen LogP contribution in [0.25, 0.3) is 0 Å². The quantitative estimate of drug-likeness (QED) is 0.844. The third kappa shape index (κ3) is 2.78. The fourth-order valence-corrected chi connectivity index (χ4v) is 3.82. The van der Waals surface area contributed by atoms with Gasteiger partial charge in [0.15, 0.2) is 0 Å². The number of hydrogen-bond donors (Lipinski definition) is 0. The average Bonchev–Trinajstić information content (AvgIpc) is 2.38. The van der Waals surface area contributed by atoms with E-state index in [2.05, 4.69) is 4.90 Å². The summed E-state index contributed by atoms with van der Waals surface area (Å²) in [6, 6.07) is 5.96. The number of halogens is 1. The lowest BCUT2D eigenvalue weighted by molar-refractivity contribution is -0.127. The molecule has 108 valence electrons. The van der Waals surface area contributed by atoms with Gasteiger partial charge in [0.2, 0.25) is 0 Å². The number of fused-ring (bicyclic) bond motifs is 2. The Morgan fingerprint density at radius 2 is 1.95 bits per heavy atom. The Morgan fingerprint density at radius 1 is 1.25 bits per heavy atom. The van der Waals surface area contributed by atoms with Crippen molar-refractivity contribution in [2.75, 3.05) is 6.54 Å². The Hall–Kier alpha value is -1.22. The van der Waals surface area contributed by atoms with Crippen molar-refractivity contribution in [1.82, 2.24) is 4.90 Å². The summed E-state index contributed by atoms with van der Waals surface area (Å²) in [5.41, 5.74) is 2.25. The SMILES string of the molecule is Cc1cc(F)ccc1CCN1C2CCCC1CC(=O)C2. The molecule has 2 aliphatic heterocycles. The van der Waals surface area contributed by atoms with Crippen LogP contribution in [-0.2, 0) is 11.2 Å². The van der Waals surface area contributed by atoms with Crippen molar-refractivity contribution in [1.29, 1.82) is 0 Å². The van der Waals surface area contributed by atoms with E-state index < -0.39 is 0 Å². The van der Waals surface area contributed by atoms with Crippen molar-refractivity contribution in [3.63, 3.8) is 0 Å². The minimum absolute atomic E-state index is 0.160. The van der Waals surface area contributed by atoms with Crippen molar-refractivity contribution in [3.8, 4) is 0 Å². The lowest BCUT2D eigenvalue weighted by atomic mass is 9.83. The molecule has 0 radical (unpaired) electrons. The summed E-state index contributed by atoms with van der Waals surface area (Å²) in [4.78, 5) is 14.3.